The largest absolute Gasteiger partial charge is 0.542 e. The molecule has 0 aliphatic rings. The Kier molecular flexibility index (Phi) is 8.19. The van der Waals surface area contributed by atoms with Gasteiger partial charge in [0.25, 0.3) is 0 Å². The lowest BCUT2D eigenvalue weighted by Crippen LogP contribution is -1.70. The van der Waals surface area contributed by atoms with Crippen molar-refractivity contribution in [1.82, 2.24) is 0 Å². The van der Waals surface area contributed by atoms with Crippen molar-refractivity contribution in [2.24, 2.45) is 0 Å². The van der Waals surface area contributed by atoms with Crippen LogP contribution in [0.3, 0.4) is 0 Å². The third-order valence-electron chi connectivity index (χ3n) is 0.903. The van der Waals surface area contributed by atoms with E-state index in [2.05, 4.69) is 4.52 Å². The molecule has 0 aliphatic carbocycles. The lowest BCUT2D eigenvalue weighted by molar-refractivity contribution is 0.525. The van der Waals surface area contributed by atoms with Crippen LogP contribution in [0.1, 0.15) is 0 Å². The van der Waals surface area contributed by atoms with Crippen molar-refractivity contribution in [3.63, 3.8) is 0 Å². The van der Waals surface area contributed by atoms with E-state index in [-0.39, 0.29) is 0 Å². The summed E-state index contributed by atoms with van der Waals surface area (Å²) in [4.78, 5) is 0. The van der Waals surface area contributed by atoms with Gasteiger partial charge in [-0.15, -0.1) is 0 Å². The number of hydrogen-bond donors (Lipinski definition) is 0. The molecule has 0 saturated carbocycles. The van der Waals surface area contributed by atoms with Crippen LogP contribution in [0, 0.1) is 0 Å². The fraction of sp³-hybridized carbons (Fsp3) is 0.250. The Bertz CT molecular complexity index is 203. The van der Waals surface area contributed by atoms with Gasteiger partial charge in [-0.1, -0.05) is 18.2 Å². The number of thioether (sulfide) groups is 1. The first-order chi connectivity index (χ1) is 5.85. The van der Waals surface area contributed by atoms with Gasteiger partial charge in [0.1, 0.15) is 0 Å². The minimum absolute atomic E-state index is 0.644. The molecule has 0 aromatic heterocycles. The van der Waals surface area contributed by atoms with Crippen LogP contribution in [0.15, 0.2) is 30.3 Å². The molecular formula is C8H12O2PS+. The third kappa shape index (κ3) is 6.20. The minimum atomic E-state index is -0.715. The Morgan fingerprint density at radius 2 is 1.75 bits per heavy atom. The molecule has 0 amide bonds. The fourth-order valence-electron chi connectivity index (χ4n) is 0.537. The van der Waals surface area contributed by atoms with E-state index >= 15 is 0 Å². The van der Waals surface area contributed by atoms with Crippen LogP contribution in [-0.2, 0) is 4.57 Å². The van der Waals surface area contributed by atoms with Crippen LogP contribution in [0.4, 0.5) is 0 Å². The normalized spacial score (nSPS) is 8.50. The zero-order valence-corrected chi connectivity index (χ0v) is 8.93. The van der Waals surface area contributed by atoms with E-state index < -0.39 is 8.69 Å². The predicted molar refractivity (Wildman–Crippen MR) is 55.5 cm³/mol. The highest BCUT2D eigenvalue weighted by Gasteiger charge is 1.92. The average molecular weight is 203 g/mol. The summed E-state index contributed by atoms with van der Waals surface area (Å²) in [6.45, 7) is 0. The lowest BCUT2D eigenvalue weighted by Gasteiger charge is -1.84. The van der Waals surface area contributed by atoms with Gasteiger partial charge < -0.3 is 0 Å². The molecule has 0 aliphatic heterocycles. The molecule has 1 aromatic carbocycles. The second-order valence-electron chi connectivity index (χ2n) is 1.91. The molecule has 4 heteroatoms. The molecule has 1 unspecified atom stereocenters. The molecule has 12 heavy (non-hydrogen) atoms. The van der Waals surface area contributed by atoms with Gasteiger partial charge in [-0.2, -0.15) is 11.8 Å². The summed E-state index contributed by atoms with van der Waals surface area (Å²) < 4.78 is 14.6. The summed E-state index contributed by atoms with van der Waals surface area (Å²) in [5.41, 5.74) is 0. The van der Waals surface area contributed by atoms with Gasteiger partial charge in [0, 0.05) is 0 Å². The zero-order valence-electron chi connectivity index (χ0n) is 7.11. The van der Waals surface area contributed by atoms with Gasteiger partial charge >= 0.3 is 8.69 Å². The minimum Gasteiger partial charge on any atom is -0.256 e. The van der Waals surface area contributed by atoms with Crippen molar-refractivity contribution < 1.29 is 9.09 Å². The summed E-state index contributed by atoms with van der Waals surface area (Å²) in [6, 6.07) is 9.04. The summed E-state index contributed by atoms with van der Waals surface area (Å²) in [5.74, 6) is 0.644. The summed E-state index contributed by atoms with van der Waals surface area (Å²) in [7, 11) is -0.715. The maximum Gasteiger partial charge on any atom is 0.542 e. The molecule has 0 radical (unpaired) electrons. The average Bonchev–Trinajstić information content (AvgIpc) is 2.08. The molecule has 0 saturated heterocycles. The van der Waals surface area contributed by atoms with Crippen LogP contribution < -0.4 is 4.52 Å². The Balaban J connectivity index is 0.000000354. The molecule has 0 heterocycles. The second-order valence-corrected chi connectivity index (χ2v) is 3.09. The van der Waals surface area contributed by atoms with Gasteiger partial charge in [0.05, 0.1) is 0 Å². The molecule has 1 rings (SSSR count). The Labute approximate surface area is 78.6 Å². The van der Waals surface area contributed by atoms with Gasteiger partial charge in [0.2, 0.25) is 0 Å². The highest BCUT2D eigenvalue weighted by molar-refractivity contribution is 7.97. The number of benzene rings is 1. The van der Waals surface area contributed by atoms with E-state index in [0.717, 1.165) is 0 Å². The highest BCUT2D eigenvalue weighted by Crippen LogP contribution is 2.12. The van der Waals surface area contributed by atoms with Crippen molar-refractivity contribution >= 4 is 20.4 Å². The molecule has 66 valence electrons. The quantitative estimate of drug-likeness (QED) is 0.691. The summed E-state index contributed by atoms with van der Waals surface area (Å²) >= 11 is 1.75. The Morgan fingerprint density at radius 3 is 2.17 bits per heavy atom. The van der Waals surface area contributed by atoms with Crippen LogP contribution >= 0.6 is 20.4 Å². The number of hydrogen-bond acceptors (Lipinski definition) is 3. The van der Waals surface area contributed by atoms with Gasteiger partial charge in [-0.05, 0) is 29.2 Å². The molecule has 0 bridgehead atoms. The van der Waals surface area contributed by atoms with Crippen LogP contribution in [-0.4, -0.2) is 12.5 Å². The third-order valence-corrected chi connectivity index (χ3v) is 1.22. The first-order valence-corrected chi connectivity index (χ1v) is 5.79. The van der Waals surface area contributed by atoms with Crippen LogP contribution in [0.25, 0.3) is 0 Å². The van der Waals surface area contributed by atoms with Gasteiger partial charge in [-0.25, -0.2) is 0 Å². The van der Waals surface area contributed by atoms with E-state index in [9.17, 15) is 4.57 Å². The molecule has 1 aromatic rings. The van der Waals surface area contributed by atoms with Crippen molar-refractivity contribution in [3.8, 4) is 5.75 Å². The van der Waals surface area contributed by atoms with E-state index in [4.69, 9.17) is 0 Å². The van der Waals surface area contributed by atoms with Crippen molar-refractivity contribution in [2.45, 2.75) is 0 Å². The Hall–Kier alpha value is -0.530. The van der Waals surface area contributed by atoms with Crippen molar-refractivity contribution in [2.75, 3.05) is 12.5 Å². The SMILES string of the molecule is CSC.O=[PH+]Oc1ccccc1. The van der Waals surface area contributed by atoms with Crippen molar-refractivity contribution in [3.05, 3.63) is 30.3 Å². The van der Waals surface area contributed by atoms with Crippen LogP contribution in [0.2, 0.25) is 0 Å². The topological polar surface area (TPSA) is 26.3 Å². The fourth-order valence-corrected chi connectivity index (χ4v) is 0.769. The van der Waals surface area contributed by atoms with Gasteiger partial charge in [0.15, 0.2) is 5.75 Å². The first-order valence-electron chi connectivity index (χ1n) is 3.34. The first kappa shape index (κ1) is 11.5. The number of para-hydroxylation sites is 1. The maximum atomic E-state index is 9.90. The molecular weight excluding hydrogens is 191 g/mol. The standard InChI is InChI=1S/C6H6O2P.C2H6S/c7-9-8-6-4-2-1-3-5-6;1-3-2/h1-5,9H;1-2H3/q+1;. The molecule has 1 atom stereocenters. The predicted octanol–water partition coefficient (Wildman–Crippen LogP) is 2.98. The Morgan fingerprint density at radius 1 is 1.25 bits per heavy atom. The van der Waals surface area contributed by atoms with E-state index in [0.29, 0.717) is 5.75 Å². The molecule has 2 nitrogen and oxygen atoms in total. The number of rotatable bonds is 2. The molecule has 0 fully saturated rings. The lowest BCUT2D eigenvalue weighted by atomic mass is 10.3. The molecule has 0 N–H and O–H groups in total. The second kappa shape index (κ2) is 8.57. The van der Waals surface area contributed by atoms with Crippen molar-refractivity contribution in [1.29, 1.82) is 0 Å². The smallest absolute Gasteiger partial charge is 0.256 e. The maximum absolute atomic E-state index is 9.90. The van der Waals surface area contributed by atoms with E-state index in [1.165, 1.54) is 0 Å². The van der Waals surface area contributed by atoms with Crippen LogP contribution in [0.5, 0.6) is 5.75 Å². The summed E-state index contributed by atoms with van der Waals surface area (Å²) in [6.07, 6.45) is 4.08. The zero-order chi connectivity index (χ0) is 9.23. The molecule has 0 spiro atoms. The monoisotopic (exact) mass is 203 g/mol. The highest BCUT2D eigenvalue weighted by atomic mass is 32.2. The van der Waals surface area contributed by atoms with E-state index in [1.54, 1.807) is 23.9 Å². The summed E-state index contributed by atoms with van der Waals surface area (Å²) in [5, 5.41) is 0. The van der Waals surface area contributed by atoms with E-state index in [1.807, 2.05) is 30.7 Å². The van der Waals surface area contributed by atoms with Gasteiger partial charge in [-0.3, -0.25) is 4.52 Å².